The first-order chi connectivity index (χ1) is 19.6. The van der Waals surface area contributed by atoms with E-state index in [2.05, 4.69) is 27.1 Å². The maximum atomic E-state index is 5.50. The molecule has 2 aliphatic heterocycles. The van der Waals surface area contributed by atoms with Gasteiger partial charge in [0.05, 0.1) is 26.5 Å². The number of aromatic nitrogens is 3. The second-order valence-electron chi connectivity index (χ2n) is 10.4. The number of aliphatic imine (C=N–C) groups is 1. The highest BCUT2D eigenvalue weighted by atomic mass is 16.5. The van der Waals surface area contributed by atoms with Gasteiger partial charge in [0.1, 0.15) is 17.3 Å². The summed E-state index contributed by atoms with van der Waals surface area (Å²) < 4.78 is 10.8. The lowest BCUT2D eigenvalue weighted by Gasteiger charge is -2.40. The van der Waals surface area contributed by atoms with E-state index < -0.39 is 0 Å². The zero-order chi connectivity index (χ0) is 27.8. The van der Waals surface area contributed by atoms with Crippen molar-refractivity contribution in [3.8, 4) is 22.9 Å². The molecular weight excluding hydrogens is 502 g/mol. The number of anilines is 1. The largest absolute Gasteiger partial charge is 0.497 e. The Kier molecular flexibility index (Phi) is 9.03. The van der Waals surface area contributed by atoms with E-state index in [9.17, 15) is 0 Å². The van der Waals surface area contributed by atoms with Crippen molar-refractivity contribution in [2.24, 2.45) is 10.4 Å². The number of hydrogen-bond donors (Lipinski definition) is 2. The average Bonchev–Trinajstić information content (AvgIpc) is 3.46. The number of methoxy groups -OCH3 is 2. The zero-order valence-electron chi connectivity index (χ0n) is 23.5. The molecule has 210 valence electrons. The quantitative estimate of drug-likeness (QED) is 0.278. The number of benzene rings is 1. The van der Waals surface area contributed by atoms with E-state index in [1.807, 2.05) is 42.6 Å². The molecule has 9 heteroatoms. The van der Waals surface area contributed by atoms with Gasteiger partial charge in [-0.1, -0.05) is 18.7 Å². The van der Waals surface area contributed by atoms with Crippen molar-refractivity contribution < 1.29 is 9.47 Å². The van der Waals surface area contributed by atoms with Gasteiger partial charge in [0.15, 0.2) is 5.82 Å². The molecule has 2 aliphatic rings. The zero-order valence-corrected chi connectivity index (χ0v) is 23.5. The highest BCUT2D eigenvalue weighted by Gasteiger charge is 2.37. The topological polar surface area (TPSA) is 96.8 Å². The van der Waals surface area contributed by atoms with E-state index in [1.54, 1.807) is 26.6 Å². The van der Waals surface area contributed by atoms with Gasteiger partial charge >= 0.3 is 0 Å². The second kappa shape index (κ2) is 13.0. The van der Waals surface area contributed by atoms with Gasteiger partial charge in [-0.25, -0.2) is 9.97 Å². The third-order valence-electron chi connectivity index (χ3n) is 7.99. The minimum absolute atomic E-state index is 0.429. The van der Waals surface area contributed by atoms with Gasteiger partial charge in [0, 0.05) is 74.1 Å². The van der Waals surface area contributed by atoms with E-state index >= 15 is 0 Å². The van der Waals surface area contributed by atoms with Crippen LogP contribution in [0.15, 0.2) is 54.3 Å². The number of nitrogens with zero attached hydrogens (tertiary/aromatic N) is 5. The number of ether oxygens (including phenoxy) is 2. The summed E-state index contributed by atoms with van der Waals surface area (Å²) in [7, 11) is 3.32. The summed E-state index contributed by atoms with van der Waals surface area (Å²) in [6, 6.07) is 9.74. The van der Waals surface area contributed by atoms with Crippen LogP contribution in [0.4, 0.5) is 5.82 Å². The Hall–Kier alpha value is -3.82. The van der Waals surface area contributed by atoms with Crippen molar-refractivity contribution in [3.05, 3.63) is 66.1 Å². The molecule has 2 fully saturated rings. The monoisotopic (exact) mass is 541 g/mol. The first-order valence-corrected chi connectivity index (χ1v) is 14.0. The SMILES string of the molecule is C=Cc1c(/C=N\CCNCc2ccc(OC)cc2OC)nc(-c2ccncc2)nc1N1CCC2(CCNC2)CC1. The summed E-state index contributed by atoms with van der Waals surface area (Å²) in [5.41, 5.74) is 4.15. The normalized spacial score (nSPS) is 16.5. The minimum atomic E-state index is 0.429. The molecule has 2 N–H and O–H groups in total. The van der Waals surface area contributed by atoms with Crippen LogP contribution in [-0.4, -0.2) is 74.7 Å². The van der Waals surface area contributed by atoms with Crippen LogP contribution >= 0.6 is 0 Å². The maximum absolute atomic E-state index is 5.50. The van der Waals surface area contributed by atoms with Gasteiger partial charge < -0.3 is 25.0 Å². The molecule has 0 radical (unpaired) electrons. The van der Waals surface area contributed by atoms with Crippen molar-refractivity contribution >= 4 is 18.1 Å². The molecule has 0 unspecified atom stereocenters. The highest BCUT2D eigenvalue weighted by molar-refractivity contribution is 5.87. The Labute approximate surface area is 236 Å². The Balaban J connectivity index is 1.30. The standard InChI is InChI=1S/C31H39N7O2/c1-4-26-27(21-34-16-15-33-20-24-5-6-25(39-2)19-28(24)40-3)36-29(23-7-12-32-13-8-23)37-30(26)38-17-10-31(11-18-38)9-14-35-22-31/h4-8,12-13,19,21,33,35H,1,9-11,14-18,20,22H2,2-3H3/b34-21-. The molecule has 2 saturated heterocycles. The van der Waals surface area contributed by atoms with Gasteiger partial charge in [-0.05, 0) is 49.4 Å². The Morgan fingerprint density at radius 1 is 1.10 bits per heavy atom. The summed E-state index contributed by atoms with van der Waals surface area (Å²) in [4.78, 5) is 21.2. The lowest BCUT2D eigenvalue weighted by atomic mass is 9.78. The van der Waals surface area contributed by atoms with E-state index in [-0.39, 0.29) is 0 Å². The molecule has 5 rings (SSSR count). The number of hydrogen-bond acceptors (Lipinski definition) is 9. The van der Waals surface area contributed by atoms with Crippen LogP contribution in [0.1, 0.15) is 36.1 Å². The molecule has 2 aromatic heterocycles. The number of pyridine rings is 1. The lowest BCUT2D eigenvalue weighted by molar-refractivity contribution is 0.247. The van der Waals surface area contributed by atoms with Gasteiger partial charge in [0.2, 0.25) is 0 Å². The number of nitrogens with one attached hydrogen (secondary N) is 2. The molecule has 0 bridgehead atoms. The van der Waals surface area contributed by atoms with Gasteiger partial charge in [-0.2, -0.15) is 0 Å². The van der Waals surface area contributed by atoms with Crippen LogP contribution < -0.4 is 25.0 Å². The predicted molar refractivity (Wildman–Crippen MR) is 160 cm³/mol. The van der Waals surface area contributed by atoms with Crippen LogP contribution in [0.25, 0.3) is 17.5 Å². The smallest absolute Gasteiger partial charge is 0.162 e. The molecule has 0 amide bonds. The highest BCUT2D eigenvalue weighted by Crippen LogP contribution is 2.39. The number of piperidine rings is 1. The third kappa shape index (κ3) is 6.32. The van der Waals surface area contributed by atoms with Crippen molar-refractivity contribution in [2.75, 3.05) is 58.4 Å². The van der Waals surface area contributed by atoms with Crippen molar-refractivity contribution in [1.82, 2.24) is 25.6 Å². The Morgan fingerprint density at radius 2 is 1.93 bits per heavy atom. The van der Waals surface area contributed by atoms with Gasteiger partial charge in [-0.3, -0.25) is 9.98 Å². The molecule has 4 heterocycles. The predicted octanol–water partition coefficient (Wildman–Crippen LogP) is 3.99. The summed E-state index contributed by atoms with van der Waals surface area (Å²) in [5.74, 6) is 3.19. The first-order valence-electron chi connectivity index (χ1n) is 14.0. The maximum Gasteiger partial charge on any atom is 0.162 e. The molecular formula is C31H39N7O2. The first kappa shape index (κ1) is 27.7. The van der Waals surface area contributed by atoms with Crippen LogP contribution in [0.2, 0.25) is 0 Å². The average molecular weight is 542 g/mol. The Bertz CT molecular complexity index is 1310. The summed E-state index contributed by atoms with van der Waals surface area (Å²) >= 11 is 0. The third-order valence-corrected chi connectivity index (χ3v) is 7.99. The Morgan fingerprint density at radius 3 is 2.62 bits per heavy atom. The molecule has 0 atom stereocenters. The fourth-order valence-corrected chi connectivity index (χ4v) is 5.57. The summed E-state index contributed by atoms with van der Waals surface area (Å²) in [6.07, 6.45) is 10.9. The van der Waals surface area contributed by atoms with Crippen LogP contribution in [0.3, 0.4) is 0 Å². The lowest BCUT2D eigenvalue weighted by Crippen LogP contribution is -2.42. The summed E-state index contributed by atoms with van der Waals surface area (Å²) in [6.45, 7) is 10.3. The van der Waals surface area contributed by atoms with Gasteiger partial charge in [-0.15, -0.1) is 0 Å². The van der Waals surface area contributed by atoms with Crippen molar-refractivity contribution in [3.63, 3.8) is 0 Å². The van der Waals surface area contributed by atoms with Crippen molar-refractivity contribution in [2.45, 2.75) is 25.8 Å². The minimum Gasteiger partial charge on any atom is -0.497 e. The molecule has 9 nitrogen and oxygen atoms in total. The second-order valence-corrected chi connectivity index (χ2v) is 10.4. The van der Waals surface area contributed by atoms with E-state index in [0.29, 0.717) is 30.9 Å². The van der Waals surface area contributed by atoms with E-state index in [0.717, 1.165) is 65.9 Å². The molecule has 1 spiro atoms. The van der Waals surface area contributed by atoms with E-state index in [1.165, 1.54) is 19.3 Å². The fourth-order valence-electron chi connectivity index (χ4n) is 5.57. The fraction of sp³-hybridized carbons (Fsp3) is 0.419. The summed E-state index contributed by atoms with van der Waals surface area (Å²) in [5, 5.41) is 7.00. The molecule has 0 saturated carbocycles. The van der Waals surface area contributed by atoms with E-state index in [4.69, 9.17) is 24.4 Å². The van der Waals surface area contributed by atoms with Crippen LogP contribution in [0, 0.1) is 5.41 Å². The van der Waals surface area contributed by atoms with Gasteiger partial charge in [0.25, 0.3) is 0 Å². The number of rotatable bonds is 11. The van der Waals surface area contributed by atoms with Crippen LogP contribution in [-0.2, 0) is 6.54 Å². The molecule has 40 heavy (non-hydrogen) atoms. The molecule has 0 aliphatic carbocycles. The van der Waals surface area contributed by atoms with Crippen LogP contribution in [0.5, 0.6) is 11.5 Å². The van der Waals surface area contributed by atoms with Crippen molar-refractivity contribution in [1.29, 1.82) is 0 Å². The molecule has 3 aromatic rings. The molecule has 1 aromatic carbocycles.